The first kappa shape index (κ1) is 17.7. The normalized spacial score (nSPS) is 12.5. The van der Waals surface area contributed by atoms with E-state index in [1.807, 2.05) is 0 Å². The molecule has 1 amide bonds. The van der Waals surface area contributed by atoms with Crippen LogP contribution >= 0.6 is 11.6 Å². The number of hydrogen-bond acceptors (Lipinski definition) is 3. The molecule has 1 N–H and O–H groups in total. The zero-order chi connectivity index (χ0) is 16.4. The van der Waals surface area contributed by atoms with Gasteiger partial charge >= 0.3 is 6.18 Å². The van der Waals surface area contributed by atoms with Crippen molar-refractivity contribution < 1.29 is 26.4 Å². The fourth-order valence-electron chi connectivity index (χ4n) is 1.34. The fourth-order valence-corrected chi connectivity index (χ4v) is 1.92. The highest BCUT2D eigenvalue weighted by Crippen LogP contribution is 2.36. The molecule has 21 heavy (non-hydrogen) atoms. The Hall–Kier alpha value is -1.32. The Morgan fingerprint density at radius 2 is 1.95 bits per heavy atom. The second-order valence-electron chi connectivity index (χ2n) is 4.26. The third-order valence-corrected chi connectivity index (χ3v) is 4.08. The predicted octanol–water partition coefficient (Wildman–Crippen LogP) is 2.19. The summed E-state index contributed by atoms with van der Waals surface area (Å²) in [7, 11) is -2.38. The van der Waals surface area contributed by atoms with Gasteiger partial charge in [-0.15, -0.1) is 0 Å². The summed E-state index contributed by atoms with van der Waals surface area (Å²) in [5.74, 6) is -0.765. The molecule has 1 aromatic carbocycles. The van der Waals surface area contributed by atoms with Crippen LogP contribution in [-0.4, -0.2) is 38.5 Å². The van der Waals surface area contributed by atoms with Gasteiger partial charge in [-0.1, -0.05) is 11.6 Å². The lowest BCUT2D eigenvalue weighted by Gasteiger charge is -2.15. The molecule has 1 aromatic rings. The number of benzene rings is 1. The number of carbonyl (C=O) groups is 1. The fraction of sp³-hybridized carbons (Fsp3) is 0.364. The molecular weight excluding hydrogens is 333 g/mol. The quantitative estimate of drug-likeness (QED) is 0.910. The lowest BCUT2D eigenvalue weighted by Crippen LogP contribution is -2.34. The van der Waals surface area contributed by atoms with Crippen molar-refractivity contribution in [1.29, 1.82) is 0 Å². The molecule has 0 bridgehead atoms. The molecule has 0 aliphatic rings. The van der Waals surface area contributed by atoms with Crippen LogP contribution < -0.4 is 5.32 Å². The largest absolute Gasteiger partial charge is 0.417 e. The second-order valence-corrected chi connectivity index (χ2v) is 6.76. The van der Waals surface area contributed by atoms with Crippen molar-refractivity contribution in [2.75, 3.05) is 25.2 Å². The molecule has 0 saturated carbocycles. The van der Waals surface area contributed by atoms with Crippen molar-refractivity contribution in [3.05, 3.63) is 28.8 Å². The number of sulfonamides is 1. The monoisotopic (exact) mass is 344 g/mol. The highest BCUT2D eigenvalue weighted by molar-refractivity contribution is 7.88. The predicted molar refractivity (Wildman–Crippen MR) is 72.6 cm³/mol. The average molecular weight is 345 g/mol. The third kappa shape index (κ3) is 5.18. The van der Waals surface area contributed by atoms with Gasteiger partial charge in [0.1, 0.15) is 0 Å². The lowest BCUT2D eigenvalue weighted by atomic mass is 10.2. The lowest BCUT2D eigenvalue weighted by molar-refractivity contribution is -0.137. The minimum atomic E-state index is -4.65. The highest BCUT2D eigenvalue weighted by Gasteiger charge is 2.33. The molecule has 1 rings (SSSR count). The van der Waals surface area contributed by atoms with E-state index in [2.05, 4.69) is 5.32 Å². The number of amides is 1. The van der Waals surface area contributed by atoms with Gasteiger partial charge in [-0.2, -0.15) is 17.5 Å². The molecule has 10 heteroatoms. The standard InChI is InChI=1S/C11H12ClF3N2O3S/c1-17(21(2,19)20)6-10(18)16-7-3-4-9(12)8(5-7)11(13,14)15/h3-5H,6H2,1-2H3,(H,16,18). The SMILES string of the molecule is CN(CC(=O)Nc1ccc(Cl)c(C(F)(F)F)c1)S(C)(=O)=O. The molecular formula is C11H12ClF3N2O3S. The summed E-state index contributed by atoms with van der Waals surface area (Å²) >= 11 is 5.44. The Kier molecular flexibility index (Phi) is 5.24. The Morgan fingerprint density at radius 1 is 1.38 bits per heavy atom. The molecule has 0 aromatic heterocycles. The van der Waals surface area contributed by atoms with Gasteiger partial charge in [-0.05, 0) is 18.2 Å². The molecule has 0 fully saturated rings. The van der Waals surface area contributed by atoms with Crippen molar-refractivity contribution in [1.82, 2.24) is 4.31 Å². The van der Waals surface area contributed by atoms with Gasteiger partial charge in [0.05, 0.1) is 23.4 Å². The van der Waals surface area contributed by atoms with E-state index in [-0.39, 0.29) is 5.69 Å². The van der Waals surface area contributed by atoms with E-state index in [0.29, 0.717) is 6.07 Å². The minimum Gasteiger partial charge on any atom is -0.325 e. The van der Waals surface area contributed by atoms with Crippen molar-refractivity contribution >= 4 is 33.2 Å². The highest BCUT2D eigenvalue weighted by atomic mass is 35.5. The van der Waals surface area contributed by atoms with Crippen LogP contribution in [0, 0.1) is 0 Å². The number of alkyl halides is 3. The van der Waals surface area contributed by atoms with Crippen LogP contribution in [0.1, 0.15) is 5.56 Å². The number of anilines is 1. The molecule has 0 radical (unpaired) electrons. The first-order valence-electron chi connectivity index (χ1n) is 5.49. The molecule has 0 heterocycles. The molecule has 5 nitrogen and oxygen atoms in total. The summed E-state index contributed by atoms with van der Waals surface area (Å²) in [6.07, 6.45) is -3.74. The second kappa shape index (κ2) is 6.20. The molecule has 0 aliphatic heterocycles. The summed E-state index contributed by atoms with van der Waals surface area (Å²) in [5, 5.41) is 1.69. The summed E-state index contributed by atoms with van der Waals surface area (Å²) < 4.78 is 61.0. The number of carbonyl (C=O) groups excluding carboxylic acids is 1. The topological polar surface area (TPSA) is 66.5 Å². The van der Waals surface area contributed by atoms with Gasteiger partial charge in [-0.3, -0.25) is 4.79 Å². The number of halogens is 4. The average Bonchev–Trinajstić information content (AvgIpc) is 2.28. The zero-order valence-electron chi connectivity index (χ0n) is 11.0. The molecule has 0 atom stereocenters. The van der Waals surface area contributed by atoms with Gasteiger partial charge in [0.15, 0.2) is 0 Å². The number of nitrogens with one attached hydrogen (secondary N) is 1. The van der Waals surface area contributed by atoms with Crippen LogP contribution in [0.2, 0.25) is 5.02 Å². The number of nitrogens with zero attached hydrogens (tertiary/aromatic N) is 1. The summed E-state index contributed by atoms with van der Waals surface area (Å²) in [6, 6.07) is 2.87. The van der Waals surface area contributed by atoms with E-state index >= 15 is 0 Å². The van der Waals surface area contributed by atoms with Crippen LogP contribution in [0.25, 0.3) is 0 Å². The van der Waals surface area contributed by atoms with E-state index in [4.69, 9.17) is 11.6 Å². The van der Waals surface area contributed by atoms with Crippen molar-refractivity contribution in [2.45, 2.75) is 6.18 Å². The number of hydrogen-bond donors (Lipinski definition) is 1. The summed E-state index contributed by atoms with van der Waals surface area (Å²) in [6.45, 7) is -0.511. The Bertz CT molecular complexity index is 647. The minimum absolute atomic E-state index is 0.126. The maximum Gasteiger partial charge on any atom is 0.417 e. The van der Waals surface area contributed by atoms with E-state index in [9.17, 15) is 26.4 Å². The first-order chi connectivity index (χ1) is 9.41. The maximum absolute atomic E-state index is 12.6. The van der Waals surface area contributed by atoms with Crippen molar-refractivity contribution in [3.8, 4) is 0 Å². The van der Waals surface area contributed by atoms with Crippen LogP contribution in [0.3, 0.4) is 0 Å². The van der Waals surface area contributed by atoms with Crippen LogP contribution in [0.4, 0.5) is 18.9 Å². The first-order valence-corrected chi connectivity index (χ1v) is 7.72. The van der Waals surface area contributed by atoms with E-state index in [1.54, 1.807) is 0 Å². The third-order valence-electron chi connectivity index (χ3n) is 2.49. The molecule has 118 valence electrons. The van der Waals surface area contributed by atoms with Crippen LogP contribution in [-0.2, 0) is 21.0 Å². The maximum atomic E-state index is 12.6. The molecule has 0 unspecified atom stereocenters. The van der Waals surface area contributed by atoms with Gasteiger partial charge in [-0.25, -0.2) is 8.42 Å². The van der Waals surface area contributed by atoms with Crippen LogP contribution in [0.5, 0.6) is 0 Å². The van der Waals surface area contributed by atoms with E-state index in [0.717, 1.165) is 16.6 Å². The molecule has 0 saturated heterocycles. The van der Waals surface area contributed by atoms with Crippen LogP contribution in [0.15, 0.2) is 18.2 Å². The summed E-state index contributed by atoms with van der Waals surface area (Å²) in [5.41, 5.74) is -1.21. The van der Waals surface area contributed by atoms with Gasteiger partial charge in [0.25, 0.3) is 0 Å². The van der Waals surface area contributed by atoms with Crippen molar-refractivity contribution in [3.63, 3.8) is 0 Å². The number of likely N-dealkylation sites (N-methyl/N-ethyl adjacent to an activating group) is 1. The van der Waals surface area contributed by atoms with Gasteiger partial charge in [0.2, 0.25) is 15.9 Å². The smallest absolute Gasteiger partial charge is 0.325 e. The van der Waals surface area contributed by atoms with E-state index < -0.39 is 39.2 Å². The molecule has 0 spiro atoms. The molecule has 0 aliphatic carbocycles. The van der Waals surface area contributed by atoms with E-state index in [1.165, 1.54) is 13.1 Å². The van der Waals surface area contributed by atoms with Crippen molar-refractivity contribution in [2.24, 2.45) is 0 Å². The Morgan fingerprint density at radius 3 is 2.43 bits per heavy atom. The Balaban J connectivity index is 2.87. The number of rotatable bonds is 4. The summed E-state index contributed by atoms with van der Waals surface area (Å²) in [4.78, 5) is 11.6. The zero-order valence-corrected chi connectivity index (χ0v) is 12.6. The van der Waals surface area contributed by atoms with Gasteiger partial charge < -0.3 is 5.32 Å². The Labute approximate surface area is 124 Å². The van der Waals surface area contributed by atoms with Gasteiger partial charge in [0, 0.05) is 12.7 Å².